The van der Waals surface area contributed by atoms with Crippen LogP contribution in [-0.4, -0.2) is 33.1 Å². The van der Waals surface area contributed by atoms with E-state index in [2.05, 4.69) is 10.5 Å². The zero-order valence-electron chi connectivity index (χ0n) is 15.2. The van der Waals surface area contributed by atoms with Crippen LogP contribution in [0.25, 0.3) is 0 Å². The van der Waals surface area contributed by atoms with E-state index in [1.807, 2.05) is 51.1 Å². The number of imide groups is 1. The largest absolute Gasteiger partial charge is 0.274 e. The standard InChI is InChI=1S/C19H23N3O2S2/c1-18(2)14-9-10-19(18,3)16(24)22(15(14)23)12-26-17(25)21-20-11-13-7-5-4-6-8-13/h4-8,11,14H,9-10,12H2,1-3H3,(H,21,25)/t14-,19+/m0/s1. The Kier molecular flexibility index (Phi) is 5.21. The van der Waals surface area contributed by atoms with Crippen LogP contribution in [0.5, 0.6) is 0 Å². The van der Waals surface area contributed by atoms with E-state index in [-0.39, 0.29) is 29.0 Å². The topological polar surface area (TPSA) is 61.8 Å². The number of carbonyl (C=O) groups excluding carboxylic acids is 2. The Hall–Kier alpha value is -1.73. The number of carbonyl (C=O) groups is 2. The van der Waals surface area contributed by atoms with E-state index >= 15 is 0 Å². The van der Waals surface area contributed by atoms with Crippen molar-refractivity contribution >= 4 is 46.3 Å². The highest BCUT2D eigenvalue weighted by Gasteiger charge is 2.64. The van der Waals surface area contributed by atoms with Gasteiger partial charge in [0.15, 0.2) is 4.32 Å². The van der Waals surface area contributed by atoms with Crippen molar-refractivity contribution in [1.82, 2.24) is 10.3 Å². The number of thiocarbonyl (C=S) groups is 1. The van der Waals surface area contributed by atoms with Crippen LogP contribution in [0.2, 0.25) is 0 Å². The Morgan fingerprint density at radius 3 is 2.73 bits per heavy atom. The van der Waals surface area contributed by atoms with Crippen LogP contribution in [0.4, 0.5) is 0 Å². The molecule has 1 saturated heterocycles. The van der Waals surface area contributed by atoms with Crippen molar-refractivity contribution in [2.75, 3.05) is 5.88 Å². The average molecular weight is 390 g/mol. The van der Waals surface area contributed by atoms with Crippen molar-refractivity contribution in [3.63, 3.8) is 0 Å². The SMILES string of the molecule is CC1(C)[C@H]2CC[C@]1(C)C(=O)N(CSC(=S)NN=Cc1ccccc1)C2=O. The lowest BCUT2D eigenvalue weighted by Crippen LogP contribution is -2.58. The summed E-state index contributed by atoms with van der Waals surface area (Å²) in [5.41, 5.74) is 2.97. The zero-order chi connectivity index (χ0) is 18.9. The first-order valence-electron chi connectivity index (χ1n) is 8.64. The number of rotatable bonds is 4. The average Bonchev–Trinajstić information content (AvgIpc) is 2.79. The third-order valence-electron chi connectivity index (χ3n) is 6.00. The van der Waals surface area contributed by atoms with Gasteiger partial charge < -0.3 is 0 Å². The van der Waals surface area contributed by atoms with Gasteiger partial charge in [0.05, 0.1) is 17.5 Å². The molecule has 2 amide bonds. The monoisotopic (exact) mass is 389 g/mol. The summed E-state index contributed by atoms with van der Waals surface area (Å²) in [4.78, 5) is 27.1. The van der Waals surface area contributed by atoms with Gasteiger partial charge in [-0.3, -0.25) is 19.9 Å². The number of thioether (sulfide) groups is 1. The molecule has 5 nitrogen and oxygen atoms in total. The summed E-state index contributed by atoms with van der Waals surface area (Å²) < 4.78 is 0.431. The lowest BCUT2D eigenvalue weighted by Gasteiger charge is -2.47. The molecule has 2 fully saturated rings. The van der Waals surface area contributed by atoms with Gasteiger partial charge in [0.2, 0.25) is 11.8 Å². The molecule has 2 aliphatic rings. The molecule has 3 rings (SSSR count). The van der Waals surface area contributed by atoms with Crippen molar-refractivity contribution in [3.05, 3.63) is 35.9 Å². The minimum absolute atomic E-state index is 0.0712. The van der Waals surface area contributed by atoms with Gasteiger partial charge in [-0.1, -0.05) is 75.1 Å². The summed E-state index contributed by atoms with van der Waals surface area (Å²) in [5.74, 6) is -0.0159. The van der Waals surface area contributed by atoms with Gasteiger partial charge in [-0.15, -0.1) is 0 Å². The van der Waals surface area contributed by atoms with Crippen LogP contribution in [0.3, 0.4) is 0 Å². The Labute approximate surface area is 163 Å². The summed E-state index contributed by atoms with van der Waals surface area (Å²) in [6.07, 6.45) is 3.22. The number of fused-ring (bicyclic) bond motifs is 2. The molecule has 1 saturated carbocycles. The van der Waals surface area contributed by atoms with Crippen LogP contribution >= 0.6 is 24.0 Å². The molecule has 1 N–H and O–H groups in total. The van der Waals surface area contributed by atoms with E-state index in [4.69, 9.17) is 12.2 Å². The van der Waals surface area contributed by atoms with Gasteiger partial charge in [0, 0.05) is 5.92 Å². The lowest BCUT2D eigenvalue weighted by atomic mass is 9.62. The second-order valence-electron chi connectivity index (χ2n) is 7.56. The smallest absolute Gasteiger partial charge is 0.236 e. The van der Waals surface area contributed by atoms with E-state index in [1.165, 1.54) is 16.7 Å². The number of benzene rings is 1. The quantitative estimate of drug-likeness (QED) is 0.370. The summed E-state index contributed by atoms with van der Waals surface area (Å²) in [7, 11) is 0. The zero-order valence-corrected chi connectivity index (χ0v) is 16.8. The van der Waals surface area contributed by atoms with Crippen molar-refractivity contribution < 1.29 is 9.59 Å². The molecule has 1 heterocycles. The summed E-state index contributed by atoms with van der Waals surface area (Å²) in [6.45, 7) is 6.06. The Morgan fingerprint density at radius 2 is 2.04 bits per heavy atom. The number of hydrogen-bond donors (Lipinski definition) is 1. The number of piperidine rings is 1. The highest BCUT2D eigenvalue weighted by atomic mass is 32.2. The predicted octanol–water partition coefficient (Wildman–Crippen LogP) is 3.40. The van der Waals surface area contributed by atoms with Crippen LogP contribution < -0.4 is 5.43 Å². The number of hydrogen-bond acceptors (Lipinski definition) is 5. The van der Waals surface area contributed by atoms with Gasteiger partial charge in [-0.05, 0) is 23.8 Å². The van der Waals surface area contributed by atoms with Crippen molar-refractivity contribution in [2.24, 2.45) is 21.8 Å². The third-order valence-corrected chi connectivity index (χ3v) is 7.19. The number of likely N-dealkylation sites (tertiary alicyclic amines) is 1. The second kappa shape index (κ2) is 7.12. The molecule has 1 aromatic rings. The molecule has 0 spiro atoms. The van der Waals surface area contributed by atoms with E-state index in [9.17, 15) is 9.59 Å². The molecule has 2 atom stereocenters. The fraction of sp³-hybridized carbons (Fsp3) is 0.474. The molecule has 1 aromatic carbocycles. The summed E-state index contributed by atoms with van der Waals surface area (Å²) >= 11 is 6.50. The minimum atomic E-state index is -0.480. The van der Waals surface area contributed by atoms with Gasteiger partial charge in [-0.25, -0.2) is 0 Å². The number of hydrazone groups is 1. The van der Waals surface area contributed by atoms with Gasteiger partial charge >= 0.3 is 0 Å². The number of nitrogens with one attached hydrogen (secondary N) is 1. The molecular formula is C19H23N3O2S2. The van der Waals surface area contributed by atoms with Crippen molar-refractivity contribution in [1.29, 1.82) is 0 Å². The van der Waals surface area contributed by atoms with Crippen LogP contribution in [0.1, 0.15) is 39.2 Å². The first-order chi connectivity index (χ1) is 12.3. The first-order valence-corrected chi connectivity index (χ1v) is 10.0. The fourth-order valence-electron chi connectivity index (χ4n) is 3.88. The van der Waals surface area contributed by atoms with E-state index in [0.29, 0.717) is 4.32 Å². The van der Waals surface area contributed by atoms with E-state index in [1.54, 1.807) is 6.21 Å². The number of nitrogens with zero attached hydrogens (tertiary/aromatic N) is 2. The van der Waals surface area contributed by atoms with Gasteiger partial charge in [-0.2, -0.15) is 5.10 Å². The summed E-state index contributed by atoms with van der Waals surface area (Å²) in [5, 5.41) is 4.10. The molecule has 1 aliphatic heterocycles. The molecule has 0 unspecified atom stereocenters. The molecule has 0 radical (unpaired) electrons. The maximum atomic E-state index is 12.9. The molecule has 7 heteroatoms. The highest BCUT2D eigenvalue weighted by Crippen LogP contribution is 2.60. The molecule has 138 valence electrons. The highest BCUT2D eigenvalue weighted by molar-refractivity contribution is 8.22. The Balaban J connectivity index is 1.58. The van der Waals surface area contributed by atoms with E-state index < -0.39 is 5.41 Å². The predicted molar refractivity (Wildman–Crippen MR) is 109 cm³/mol. The number of amides is 2. The second-order valence-corrected chi connectivity index (χ2v) is 9.18. The molecule has 26 heavy (non-hydrogen) atoms. The molecule has 2 bridgehead atoms. The van der Waals surface area contributed by atoms with Crippen molar-refractivity contribution in [3.8, 4) is 0 Å². The summed E-state index contributed by atoms with van der Waals surface area (Å²) in [6, 6.07) is 9.67. The Morgan fingerprint density at radius 1 is 1.35 bits per heavy atom. The normalized spacial score (nSPS) is 27.2. The Bertz CT molecular complexity index is 763. The van der Waals surface area contributed by atoms with Crippen molar-refractivity contribution in [2.45, 2.75) is 33.6 Å². The van der Waals surface area contributed by atoms with Crippen LogP contribution in [0.15, 0.2) is 35.4 Å². The van der Waals surface area contributed by atoms with E-state index in [0.717, 1.165) is 18.4 Å². The third kappa shape index (κ3) is 3.18. The molecule has 1 aliphatic carbocycles. The van der Waals surface area contributed by atoms with Crippen LogP contribution in [-0.2, 0) is 9.59 Å². The minimum Gasteiger partial charge on any atom is -0.274 e. The maximum Gasteiger partial charge on any atom is 0.236 e. The van der Waals surface area contributed by atoms with Crippen LogP contribution in [0, 0.1) is 16.7 Å². The first kappa shape index (κ1) is 19.0. The van der Waals surface area contributed by atoms with Gasteiger partial charge in [0.25, 0.3) is 0 Å². The molecular weight excluding hydrogens is 366 g/mol. The fourth-order valence-corrected chi connectivity index (χ4v) is 4.70. The maximum absolute atomic E-state index is 12.9. The van der Waals surface area contributed by atoms with Gasteiger partial charge in [0.1, 0.15) is 0 Å². The lowest BCUT2D eigenvalue weighted by molar-refractivity contribution is -0.166. The molecule has 0 aromatic heterocycles.